The number of rotatable bonds is 4. The molecule has 0 spiro atoms. The Balaban J connectivity index is 1.41. The van der Waals surface area contributed by atoms with Crippen molar-refractivity contribution in [2.24, 2.45) is 5.92 Å². The van der Waals surface area contributed by atoms with Gasteiger partial charge >= 0.3 is 0 Å². The molecule has 0 saturated carbocycles. The van der Waals surface area contributed by atoms with Crippen molar-refractivity contribution in [2.75, 3.05) is 13.1 Å². The number of carbonyl (C=O) groups is 1. The first kappa shape index (κ1) is 19.2. The largest absolute Gasteiger partial charge is 0.338 e. The molecule has 144 valence electrons. The summed E-state index contributed by atoms with van der Waals surface area (Å²) < 4.78 is 0. The van der Waals surface area contributed by atoms with E-state index in [0.29, 0.717) is 10.9 Å². The number of carbonyl (C=O) groups excluding carboxylic acids is 1. The summed E-state index contributed by atoms with van der Waals surface area (Å²) in [6, 6.07) is 18.2. The monoisotopic (exact) mass is 410 g/mol. The Labute approximate surface area is 175 Å². The number of piperidine rings is 1. The Kier molecular flexibility index (Phi) is 5.79. The van der Waals surface area contributed by atoms with Crippen molar-refractivity contribution in [1.82, 2.24) is 9.88 Å². The molecule has 28 heavy (non-hydrogen) atoms. The van der Waals surface area contributed by atoms with Crippen molar-refractivity contribution in [3.63, 3.8) is 0 Å². The predicted octanol–water partition coefficient (Wildman–Crippen LogP) is 5.87. The molecule has 1 saturated heterocycles. The average Bonchev–Trinajstić information content (AvgIpc) is 3.11. The Morgan fingerprint density at radius 3 is 2.46 bits per heavy atom. The maximum absolute atomic E-state index is 13.1. The van der Waals surface area contributed by atoms with Gasteiger partial charge in [-0.05, 0) is 49.8 Å². The molecule has 5 heteroatoms. The lowest BCUT2D eigenvalue weighted by Gasteiger charge is -2.32. The fourth-order valence-corrected chi connectivity index (χ4v) is 4.91. The number of aromatic nitrogens is 1. The minimum Gasteiger partial charge on any atom is -0.338 e. The molecule has 2 aromatic carbocycles. The molecule has 1 aliphatic rings. The van der Waals surface area contributed by atoms with Crippen LogP contribution in [0.25, 0.3) is 10.6 Å². The van der Waals surface area contributed by atoms with Crippen molar-refractivity contribution in [3.05, 3.63) is 75.8 Å². The molecule has 0 aliphatic carbocycles. The van der Waals surface area contributed by atoms with Crippen molar-refractivity contribution >= 4 is 28.8 Å². The van der Waals surface area contributed by atoms with E-state index in [2.05, 4.69) is 35.3 Å². The van der Waals surface area contributed by atoms with Gasteiger partial charge in [0.15, 0.2) is 0 Å². The van der Waals surface area contributed by atoms with E-state index >= 15 is 0 Å². The maximum Gasteiger partial charge on any atom is 0.265 e. The first-order valence-corrected chi connectivity index (χ1v) is 10.9. The van der Waals surface area contributed by atoms with Crippen LogP contribution in [-0.2, 0) is 6.42 Å². The van der Waals surface area contributed by atoms with E-state index in [9.17, 15) is 4.79 Å². The molecule has 1 aromatic heterocycles. The average molecular weight is 411 g/mol. The van der Waals surface area contributed by atoms with E-state index < -0.39 is 0 Å². The molecule has 1 fully saturated rings. The molecule has 0 N–H and O–H groups in total. The van der Waals surface area contributed by atoms with Crippen LogP contribution in [-0.4, -0.2) is 28.9 Å². The number of benzene rings is 2. The molecule has 0 atom stereocenters. The van der Waals surface area contributed by atoms with Gasteiger partial charge in [0, 0.05) is 23.7 Å². The summed E-state index contributed by atoms with van der Waals surface area (Å²) in [5.74, 6) is 0.770. The highest BCUT2D eigenvalue weighted by Crippen LogP contribution is 2.31. The second-order valence-corrected chi connectivity index (χ2v) is 8.80. The third kappa shape index (κ3) is 4.29. The number of halogens is 1. The van der Waals surface area contributed by atoms with Gasteiger partial charge in [-0.2, -0.15) is 0 Å². The molecule has 0 bridgehead atoms. The third-order valence-corrected chi connectivity index (χ3v) is 6.80. The van der Waals surface area contributed by atoms with Gasteiger partial charge in [0.1, 0.15) is 9.88 Å². The molecule has 0 radical (unpaired) electrons. The number of aryl methyl sites for hydroxylation is 1. The van der Waals surface area contributed by atoms with Gasteiger partial charge in [-0.3, -0.25) is 4.79 Å². The van der Waals surface area contributed by atoms with Crippen LogP contribution in [0, 0.1) is 12.8 Å². The summed E-state index contributed by atoms with van der Waals surface area (Å²) in [4.78, 5) is 20.4. The minimum absolute atomic E-state index is 0.119. The number of nitrogens with zero attached hydrogens (tertiary/aromatic N) is 2. The van der Waals surface area contributed by atoms with Crippen LogP contribution >= 0.6 is 22.9 Å². The quantitative estimate of drug-likeness (QED) is 0.539. The zero-order valence-corrected chi connectivity index (χ0v) is 17.5. The number of likely N-dealkylation sites (tertiary alicyclic amines) is 1. The fourth-order valence-electron chi connectivity index (χ4n) is 3.74. The van der Waals surface area contributed by atoms with Gasteiger partial charge < -0.3 is 4.90 Å². The molecule has 1 aliphatic heterocycles. The maximum atomic E-state index is 13.1. The zero-order chi connectivity index (χ0) is 19.5. The third-order valence-electron chi connectivity index (χ3n) is 5.35. The molecular formula is C23H23ClN2OS. The summed E-state index contributed by atoms with van der Waals surface area (Å²) in [5, 5.41) is 1.57. The normalized spacial score (nSPS) is 15.0. The molecule has 3 aromatic rings. The second kappa shape index (κ2) is 8.46. The van der Waals surface area contributed by atoms with Crippen molar-refractivity contribution in [3.8, 4) is 10.6 Å². The van der Waals surface area contributed by atoms with E-state index in [1.165, 1.54) is 16.9 Å². The van der Waals surface area contributed by atoms with Gasteiger partial charge in [0.25, 0.3) is 5.91 Å². The number of hydrogen-bond acceptors (Lipinski definition) is 3. The number of thiazole rings is 1. The molecule has 3 nitrogen and oxygen atoms in total. The standard InChI is InChI=1S/C23H23ClN2OS/c1-16-21(28-22(25-16)19-7-9-20(24)10-8-19)23(27)26-13-11-18(12-14-26)15-17-5-3-2-4-6-17/h2-10,18H,11-15H2,1H3. The Hall–Kier alpha value is -2.17. The molecular weight excluding hydrogens is 388 g/mol. The van der Waals surface area contributed by atoms with Gasteiger partial charge in [-0.25, -0.2) is 4.98 Å². The first-order chi connectivity index (χ1) is 13.6. The molecule has 2 heterocycles. The SMILES string of the molecule is Cc1nc(-c2ccc(Cl)cc2)sc1C(=O)N1CCC(Cc2ccccc2)CC1. The number of amides is 1. The highest BCUT2D eigenvalue weighted by atomic mass is 35.5. The summed E-state index contributed by atoms with van der Waals surface area (Å²) in [6.07, 6.45) is 3.22. The van der Waals surface area contributed by atoms with Crippen LogP contribution in [0.15, 0.2) is 54.6 Å². The highest BCUT2D eigenvalue weighted by molar-refractivity contribution is 7.17. The van der Waals surface area contributed by atoms with E-state index in [-0.39, 0.29) is 5.91 Å². The lowest BCUT2D eigenvalue weighted by Crippen LogP contribution is -2.38. The molecule has 1 amide bonds. The van der Waals surface area contributed by atoms with Crippen molar-refractivity contribution in [1.29, 1.82) is 0 Å². The summed E-state index contributed by atoms with van der Waals surface area (Å²) in [7, 11) is 0. The van der Waals surface area contributed by atoms with E-state index in [1.807, 2.05) is 36.1 Å². The van der Waals surface area contributed by atoms with Crippen LogP contribution in [0.4, 0.5) is 0 Å². The summed E-state index contributed by atoms with van der Waals surface area (Å²) in [5.41, 5.74) is 3.20. The van der Waals surface area contributed by atoms with Crippen LogP contribution in [0.3, 0.4) is 0 Å². The smallest absolute Gasteiger partial charge is 0.265 e. The van der Waals surface area contributed by atoms with Gasteiger partial charge in [-0.1, -0.05) is 54.1 Å². The number of hydrogen-bond donors (Lipinski definition) is 0. The van der Waals surface area contributed by atoms with E-state index in [0.717, 1.165) is 53.5 Å². The van der Waals surface area contributed by atoms with Gasteiger partial charge in [-0.15, -0.1) is 11.3 Å². The zero-order valence-electron chi connectivity index (χ0n) is 15.9. The van der Waals surface area contributed by atoms with Crippen LogP contribution in [0.1, 0.15) is 33.8 Å². The van der Waals surface area contributed by atoms with Crippen molar-refractivity contribution in [2.45, 2.75) is 26.2 Å². The van der Waals surface area contributed by atoms with Gasteiger partial charge in [0.2, 0.25) is 0 Å². The summed E-state index contributed by atoms with van der Waals surface area (Å²) >= 11 is 7.45. The van der Waals surface area contributed by atoms with Crippen LogP contribution in [0.2, 0.25) is 5.02 Å². The Morgan fingerprint density at radius 1 is 1.11 bits per heavy atom. The molecule has 0 unspecified atom stereocenters. The Morgan fingerprint density at radius 2 is 1.79 bits per heavy atom. The van der Waals surface area contributed by atoms with Gasteiger partial charge in [0.05, 0.1) is 5.69 Å². The highest BCUT2D eigenvalue weighted by Gasteiger charge is 2.26. The Bertz CT molecular complexity index is 944. The predicted molar refractivity (Wildman–Crippen MR) is 116 cm³/mol. The van der Waals surface area contributed by atoms with Crippen LogP contribution < -0.4 is 0 Å². The van der Waals surface area contributed by atoms with E-state index in [4.69, 9.17) is 11.6 Å². The summed E-state index contributed by atoms with van der Waals surface area (Å²) in [6.45, 7) is 3.57. The lowest BCUT2D eigenvalue weighted by molar-refractivity contribution is 0.0694. The fraction of sp³-hybridized carbons (Fsp3) is 0.304. The molecule has 4 rings (SSSR count). The van der Waals surface area contributed by atoms with Crippen LogP contribution in [0.5, 0.6) is 0 Å². The first-order valence-electron chi connectivity index (χ1n) is 9.66. The topological polar surface area (TPSA) is 33.2 Å². The van der Waals surface area contributed by atoms with E-state index in [1.54, 1.807) is 0 Å². The minimum atomic E-state index is 0.119. The lowest BCUT2D eigenvalue weighted by atomic mass is 9.90. The van der Waals surface area contributed by atoms with Crippen molar-refractivity contribution < 1.29 is 4.79 Å². The second-order valence-electron chi connectivity index (χ2n) is 7.37.